The number of carbonyl (C=O) groups is 1. The molecule has 0 saturated heterocycles. The van der Waals surface area contributed by atoms with E-state index in [0.717, 1.165) is 10.6 Å². The zero-order valence-electron chi connectivity index (χ0n) is 16.8. The lowest BCUT2D eigenvalue weighted by Gasteiger charge is -2.03. The molecular weight excluding hydrogens is 444 g/mol. The van der Waals surface area contributed by atoms with Crippen molar-refractivity contribution in [2.45, 2.75) is 0 Å². The summed E-state index contributed by atoms with van der Waals surface area (Å²) in [6, 6.07) is 16.9. The van der Waals surface area contributed by atoms with E-state index in [1.54, 1.807) is 40.9 Å². The molecule has 0 bridgehead atoms. The van der Waals surface area contributed by atoms with Gasteiger partial charge >= 0.3 is 0 Å². The molecule has 1 N–H and O–H groups in total. The van der Waals surface area contributed by atoms with Crippen LogP contribution in [0.4, 0.5) is 11.4 Å². The highest BCUT2D eigenvalue weighted by Crippen LogP contribution is 2.31. The molecule has 0 spiro atoms. The van der Waals surface area contributed by atoms with E-state index in [2.05, 4.69) is 20.6 Å². The maximum atomic E-state index is 12.4. The number of hydrogen-bond acceptors (Lipinski definition) is 8. The van der Waals surface area contributed by atoms with E-state index in [0.29, 0.717) is 27.7 Å². The number of benzene rings is 2. The van der Waals surface area contributed by atoms with Crippen molar-refractivity contribution in [3.8, 4) is 21.9 Å². The van der Waals surface area contributed by atoms with Crippen LogP contribution >= 0.6 is 11.3 Å². The van der Waals surface area contributed by atoms with Gasteiger partial charge in [0, 0.05) is 23.4 Å². The average Bonchev–Trinajstić information content (AvgIpc) is 3.54. The summed E-state index contributed by atoms with van der Waals surface area (Å²) in [6.07, 6.45) is 4.36. The summed E-state index contributed by atoms with van der Waals surface area (Å²) < 4.78 is 7.26. The first-order valence-electron chi connectivity index (χ1n) is 9.67. The molecule has 0 unspecified atom stereocenters. The minimum Gasteiger partial charge on any atom is -0.456 e. The molecule has 1 amide bonds. The number of hydrogen-bond donors (Lipinski definition) is 1. The molecule has 0 atom stereocenters. The van der Waals surface area contributed by atoms with Crippen LogP contribution in [0.3, 0.4) is 0 Å². The van der Waals surface area contributed by atoms with Gasteiger partial charge in [0.1, 0.15) is 22.9 Å². The zero-order chi connectivity index (χ0) is 22.8. The summed E-state index contributed by atoms with van der Waals surface area (Å²) in [6.45, 7) is 0. The normalized spacial score (nSPS) is 11.3. The molecule has 162 valence electrons. The lowest BCUT2D eigenvalue weighted by Crippen LogP contribution is -2.07. The number of aromatic nitrogens is 4. The summed E-state index contributed by atoms with van der Waals surface area (Å²) in [7, 11) is 0. The van der Waals surface area contributed by atoms with E-state index in [4.69, 9.17) is 4.42 Å². The van der Waals surface area contributed by atoms with Gasteiger partial charge in [-0.2, -0.15) is 9.61 Å². The van der Waals surface area contributed by atoms with Crippen molar-refractivity contribution in [3.63, 3.8) is 0 Å². The monoisotopic (exact) mass is 458 g/mol. The number of rotatable bonds is 6. The smallest absolute Gasteiger partial charge is 0.280 e. The van der Waals surface area contributed by atoms with Gasteiger partial charge in [0.15, 0.2) is 0 Å². The Hall–Kier alpha value is -4.64. The minimum atomic E-state index is -0.463. The van der Waals surface area contributed by atoms with E-state index in [1.807, 2.05) is 18.2 Å². The Labute approximate surface area is 190 Å². The van der Waals surface area contributed by atoms with Crippen molar-refractivity contribution in [2.75, 3.05) is 5.32 Å². The van der Waals surface area contributed by atoms with Crippen LogP contribution in [-0.4, -0.2) is 30.6 Å². The predicted octanol–water partition coefficient (Wildman–Crippen LogP) is 4.67. The van der Waals surface area contributed by atoms with Gasteiger partial charge < -0.3 is 9.73 Å². The van der Waals surface area contributed by atoms with Crippen LogP contribution in [0, 0.1) is 10.1 Å². The maximum Gasteiger partial charge on any atom is 0.280 e. The maximum absolute atomic E-state index is 12.4. The molecule has 5 rings (SSSR count). The first-order chi connectivity index (χ1) is 16.1. The second kappa shape index (κ2) is 8.48. The minimum absolute atomic E-state index is 0.0511. The molecule has 0 aliphatic heterocycles. The number of nitrogens with one attached hydrogen (secondary N) is 1. The third-order valence-electron chi connectivity index (χ3n) is 4.66. The predicted molar refractivity (Wildman–Crippen MR) is 123 cm³/mol. The second-order valence-corrected chi connectivity index (χ2v) is 7.80. The number of nitro benzene ring substituents is 1. The largest absolute Gasteiger partial charge is 0.456 e. The Kier molecular flexibility index (Phi) is 5.21. The standard InChI is InChI=1S/C22H14N6O4S/c29-20(11-9-16-8-10-19(32-16)17-6-1-2-7-18(17)28(30)31)24-15-5-3-4-14(12-15)21-26-27-13-23-25-22(27)33-21/h1-13H,(H,24,29)/b11-9+. The number of carbonyl (C=O) groups excluding carboxylic acids is 1. The van der Waals surface area contributed by atoms with Gasteiger partial charge in [0.2, 0.25) is 10.9 Å². The van der Waals surface area contributed by atoms with E-state index >= 15 is 0 Å². The van der Waals surface area contributed by atoms with Gasteiger partial charge in [-0.3, -0.25) is 14.9 Å². The summed E-state index contributed by atoms with van der Waals surface area (Å²) in [5.41, 5.74) is 1.76. The Balaban J connectivity index is 1.29. The summed E-state index contributed by atoms with van der Waals surface area (Å²) in [4.78, 5) is 23.8. The number of para-hydroxylation sites is 1. The van der Waals surface area contributed by atoms with Crippen LogP contribution in [-0.2, 0) is 4.79 Å². The molecule has 0 aliphatic rings. The lowest BCUT2D eigenvalue weighted by molar-refractivity contribution is -0.384. The Morgan fingerprint density at radius 2 is 2.03 bits per heavy atom. The van der Waals surface area contributed by atoms with Crippen LogP contribution in [0.25, 0.3) is 32.9 Å². The van der Waals surface area contributed by atoms with Crippen LogP contribution in [0.1, 0.15) is 5.76 Å². The van der Waals surface area contributed by atoms with Gasteiger partial charge in [-0.1, -0.05) is 35.6 Å². The van der Waals surface area contributed by atoms with E-state index in [-0.39, 0.29) is 11.6 Å². The highest BCUT2D eigenvalue weighted by atomic mass is 32.1. The second-order valence-electron chi connectivity index (χ2n) is 6.84. The molecule has 0 fully saturated rings. The topological polar surface area (TPSA) is 128 Å². The lowest BCUT2D eigenvalue weighted by atomic mass is 10.1. The molecular formula is C22H14N6O4S. The Bertz CT molecular complexity index is 1490. The van der Waals surface area contributed by atoms with E-state index < -0.39 is 4.92 Å². The number of furan rings is 1. The van der Waals surface area contributed by atoms with Crippen LogP contribution in [0.2, 0.25) is 0 Å². The molecule has 0 radical (unpaired) electrons. The fraction of sp³-hybridized carbons (Fsp3) is 0. The molecule has 11 heteroatoms. The highest BCUT2D eigenvalue weighted by molar-refractivity contribution is 7.19. The van der Waals surface area contributed by atoms with Crippen LogP contribution < -0.4 is 5.32 Å². The van der Waals surface area contributed by atoms with Crippen molar-refractivity contribution < 1.29 is 14.1 Å². The molecule has 2 aromatic carbocycles. The van der Waals surface area contributed by atoms with E-state index in [1.165, 1.54) is 35.9 Å². The number of nitrogens with zero attached hydrogens (tertiary/aromatic N) is 5. The zero-order valence-corrected chi connectivity index (χ0v) is 17.6. The Morgan fingerprint density at radius 3 is 2.88 bits per heavy atom. The van der Waals surface area contributed by atoms with Gasteiger partial charge in [-0.05, 0) is 36.4 Å². The molecule has 5 aromatic rings. The Morgan fingerprint density at radius 1 is 1.15 bits per heavy atom. The molecule has 0 saturated carbocycles. The van der Waals surface area contributed by atoms with Gasteiger partial charge in [-0.25, -0.2) is 0 Å². The molecule has 3 aromatic heterocycles. The number of amides is 1. The van der Waals surface area contributed by atoms with Crippen LogP contribution in [0.15, 0.2) is 77.5 Å². The third-order valence-corrected chi connectivity index (χ3v) is 5.62. The number of fused-ring (bicyclic) bond motifs is 1. The third kappa shape index (κ3) is 4.25. The van der Waals surface area contributed by atoms with Crippen molar-refractivity contribution in [1.29, 1.82) is 0 Å². The highest BCUT2D eigenvalue weighted by Gasteiger charge is 2.16. The molecule has 0 aliphatic carbocycles. The summed E-state index contributed by atoms with van der Waals surface area (Å²) in [5.74, 6) is 0.390. The van der Waals surface area contributed by atoms with Gasteiger partial charge in [0.25, 0.3) is 5.69 Å². The fourth-order valence-corrected chi connectivity index (χ4v) is 3.99. The first-order valence-corrected chi connectivity index (χ1v) is 10.5. The number of nitro groups is 1. The van der Waals surface area contributed by atoms with Crippen molar-refractivity contribution in [1.82, 2.24) is 19.8 Å². The van der Waals surface area contributed by atoms with E-state index in [9.17, 15) is 14.9 Å². The fourth-order valence-electron chi connectivity index (χ4n) is 3.18. The van der Waals surface area contributed by atoms with Crippen molar-refractivity contribution in [2.24, 2.45) is 0 Å². The number of anilines is 1. The quantitative estimate of drug-likeness (QED) is 0.222. The molecule has 33 heavy (non-hydrogen) atoms. The SMILES string of the molecule is O=C(/C=C/c1ccc(-c2ccccc2[N+](=O)[O-])o1)Nc1cccc(-c2nn3cnnc3s2)c1. The molecule has 10 nitrogen and oxygen atoms in total. The summed E-state index contributed by atoms with van der Waals surface area (Å²) >= 11 is 1.39. The summed E-state index contributed by atoms with van der Waals surface area (Å²) in [5, 5.41) is 26.9. The molecule has 3 heterocycles. The first kappa shape index (κ1) is 20.3. The average molecular weight is 458 g/mol. The van der Waals surface area contributed by atoms with Crippen LogP contribution in [0.5, 0.6) is 0 Å². The van der Waals surface area contributed by atoms with Crippen molar-refractivity contribution in [3.05, 3.63) is 88.9 Å². The van der Waals surface area contributed by atoms with Gasteiger partial charge in [-0.15, -0.1) is 10.2 Å². The van der Waals surface area contributed by atoms with Gasteiger partial charge in [0.05, 0.1) is 10.5 Å². The van der Waals surface area contributed by atoms with Crippen molar-refractivity contribution >= 4 is 39.7 Å².